The van der Waals surface area contributed by atoms with Gasteiger partial charge in [0.25, 0.3) is 5.91 Å². The normalized spacial score (nSPS) is 10.7. The first-order chi connectivity index (χ1) is 12.2. The van der Waals surface area contributed by atoms with E-state index >= 15 is 0 Å². The molecule has 1 aromatic heterocycles. The zero-order valence-corrected chi connectivity index (χ0v) is 16.4. The molecular formula is C20H22N2O3S. The topological polar surface area (TPSA) is 79.2 Å². The summed E-state index contributed by atoms with van der Waals surface area (Å²) in [6.45, 7) is 9.37. The van der Waals surface area contributed by atoms with Gasteiger partial charge < -0.3 is 10.1 Å². The predicted molar refractivity (Wildman–Crippen MR) is 103 cm³/mol. The molecule has 2 aromatic rings. The fourth-order valence-electron chi connectivity index (χ4n) is 2.39. The van der Waals surface area contributed by atoms with Crippen molar-refractivity contribution in [2.24, 2.45) is 0 Å². The number of carbonyl (C=O) groups is 2. The van der Waals surface area contributed by atoms with Crippen molar-refractivity contribution in [3.8, 4) is 6.07 Å². The molecule has 1 heterocycles. The highest BCUT2D eigenvalue weighted by molar-refractivity contribution is 7.18. The standard InChI is InChI=1S/C20H22N2O3S/c1-11(2)14-6-8-15(9-7-14)18(23)22-19-16(10-21)13(5)17(26-19)20(24)25-12(3)4/h6-9,11-12H,1-5H3,(H,22,23). The van der Waals surface area contributed by atoms with Crippen LogP contribution in [0, 0.1) is 18.3 Å². The van der Waals surface area contributed by atoms with Crippen LogP contribution in [0.25, 0.3) is 0 Å². The lowest BCUT2D eigenvalue weighted by Crippen LogP contribution is -2.11. The Balaban J connectivity index is 2.27. The van der Waals surface area contributed by atoms with E-state index in [1.165, 1.54) is 0 Å². The smallest absolute Gasteiger partial charge is 0.348 e. The minimum atomic E-state index is -0.485. The van der Waals surface area contributed by atoms with Gasteiger partial charge in [-0.25, -0.2) is 4.79 Å². The van der Waals surface area contributed by atoms with Crippen molar-refractivity contribution in [2.75, 3.05) is 5.32 Å². The second-order valence-corrected chi connectivity index (χ2v) is 7.58. The van der Waals surface area contributed by atoms with Crippen LogP contribution in [0.3, 0.4) is 0 Å². The molecule has 0 spiro atoms. The molecule has 0 radical (unpaired) electrons. The number of nitriles is 1. The van der Waals surface area contributed by atoms with Gasteiger partial charge >= 0.3 is 5.97 Å². The fourth-order valence-corrected chi connectivity index (χ4v) is 3.43. The molecule has 0 saturated carbocycles. The maximum atomic E-state index is 12.5. The van der Waals surface area contributed by atoms with Gasteiger partial charge in [-0.05, 0) is 49.9 Å². The number of benzene rings is 1. The van der Waals surface area contributed by atoms with Gasteiger partial charge in [0.2, 0.25) is 0 Å². The van der Waals surface area contributed by atoms with Crippen molar-refractivity contribution in [3.05, 3.63) is 51.4 Å². The number of carbonyl (C=O) groups excluding carboxylic acids is 2. The molecule has 0 saturated heterocycles. The van der Waals surface area contributed by atoms with Gasteiger partial charge in [-0.1, -0.05) is 26.0 Å². The zero-order chi connectivity index (χ0) is 19.4. The van der Waals surface area contributed by atoms with Crippen molar-refractivity contribution in [1.82, 2.24) is 0 Å². The first-order valence-corrected chi connectivity index (χ1v) is 9.22. The average Bonchev–Trinajstić information content (AvgIpc) is 2.89. The summed E-state index contributed by atoms with van der Waals surface area (Å²) in [5.74, 6) is -0.422. The lowest BCUT2D eigenvalue weighted by molar-refractivity contribution is 0.0383. The van der Waals surface area contributed by atoms with E-state index in [0.29, 0.717) is 26.9 Å². The monoisotopic (exact) mass is 370 g/mol. The largest absolute Gasteiger partial charge is 0.459 e. The molecule has 26 heavy (non-hydrogen) atoms. The molecule has 0 aliphatic carbocycles. The number of nitrogens with one attached hydrogen (secondary N) is 1. The second kappa shape index (κ2) is 8.15. The highest BCUT2D eigenvalue weighted by atomic mass is 32.1. The number of nitrogens with zero attached hydrogens (tertiary/aromatic N) is 1. The molecule has 136 valence electrons. The maximum Gasteiger partial charge on any atom is 0.348 e. The van der Waals surface area contributed by atoms with Gasteiger partial charge in [0, 0.05) is 5.56 Å². The molecule has 0 fully saturated rings. The number of amides is 1. The van der Waals surface area contributed by atoms with Gasteiger partial charge in [0.1, 0.15) is 15.9 Å². The van der Waals surface area contributed by atoms with E-state index in [-0.39, 0.29) is 17.6 Å². The van der Waals surface area contributed by atoms with Crippen LogP contribution in [-0.4, -0.2) is 18.0 Å². The molecule has 2 rings (SSSR count). The van der Waals surface area contributed by atoms with Crippen LogP contribution in [0.2, 0.25) is 0 Å². The highest BCUT2D eigenvalue weighted by Crippen LogP contribution is 2.33. The minimum Gasteiger partial charge on any atom is -0.459 e. The number of hydrogen-bond donors (Lipinski definition) is 1. The number of hydrogen-bond acceptors (Lipinski definition) is 5. The molecular weight excluding hydrogens is 348 g/mol. The third-order valence-electron chi connectivity index (χ3n) is 3.85. The van der Waals surface area contributed by atoms with E-state index < -0.39 is 5.97 Å². The second-order valence-electron chi connectivity index (χ2n) is 6.56. The van der Waals surface area contributed by atoms with Crippen LogP contribution in [0.15, 0.2) is 24.3 Å². The van der Waals surface area contributed by atoms with Crippen molar-refractivity contribution in [2.45, 2.75) is 46.6 Å². The predicted octanol–water partition coefficient (Wildman–Crippen LogP) is 4.87. The number of thiophene rings is 1. The van der Waals surface area contributed by atoms with Crippen LogP contribution in [0.1, 0.15) is 70.3 Å². The number of rotatable bonds is 5. The summed E-state index contributed by atoms with van der Waals surface area (Å²) in [7, 11) is 0. The van der Waals surface area contributed by atoms with Crippen LogP contribution in [-0.2, 0) is 4.74 Å². The number of anilines is 1. The molecule has 1 aromatic carbocycles. The molecule has 0 unspecified atom stereocenters. The van der Waals surface area contributed by atoms with Crippen molar-refractivity contribution in [1.29, 1.82) is 5.26 Å². The Kier molecular flexibility index (Phi) is 6.17. The van der Waals surface area contributed by atoms with Crippen molar-refractivity contribution in [3.63, 3.8) is 0 Å². The first kappa shape index (κ1) is 19.7. The molecule has 1 amide bonds. The Bertz CT molecular complexity index is 858. The molecule has 0 aliphatic rings. The van der Waals surface area contributed by atoms with Gasteiger partial charge in [-0.3, -0.25) is 4.79 Å². The summed E-state index contributed by atoms with van der Waals surface area (Å²) in [4.78, 5) is 25.0. The molecule has 0 bridgehead atoms. The van der Waals surface area contributed by atoms with Gasteiger partial charge in [0.05, 0.1) is 11.7 Å². The third-order valence-corrected chi connectivity index (χ3v) is 5.04. The van der Waals surface area contributed by atoms with Crippen LogP contribution in [0.4, 0.5) is 5.00 Å². The summed E-state index contributed by atoms with van der Waals surface area (Å²) >= 11 is 1.06. The Morgan fingerprint density at radius 2 is 1.77 bits per heavy atom. The van der Waals surface area contributed by atoms with Gasteiger partial charge in [-0.15, -0.1) is 11.3 Å². The lowest BCUT2D eigenvalue weighted by atomic mass is 10.0. The molecule has 0 atom stereocenters. The van der Waals surface area contributed by atoms with Gasteiger partial charge in [-0.2, -0.15) is 5.26 Å². The number of ether oxygens (including phenoxy) is 1. The molecule has 1 N–H and O–H groups in total. The quantitative estimate of drug-likeness (QED) is 0.762. The maximum absolute atomic E-state index is 12.5. The summed E-state index contributed by atoms with van der Waals surface area (Å²) in [6, 6.07) is 9.40. The van der Waals surface area contributed by atoms with E-state index in [9.17, 15) is 14.9 Å². The minimum absolute atomic E-state index is 0.257. The molecule has 5 nitrogen and oxygen atoms in total. The van der Waals surface area contributed by atoms with E-state index in [0.717, 1.165) is 16.9 Å². The Hall–Kier alpha value is -2.65. The Morgan fingerprint density at radius 3 is 2.27 bits per heavy atom. The summed E-state index contributed by atoms with van der Waals surface area (Å²) in [6.07, 6.45) is -0.257. The van der Waals surface area contributed by atoms with E-state index in [2.05, 4.69) is 25.2 Å². The van der Waals surface area contributed by atoms with Crippen molar-refractivity contribution < 1.29 is 14.3 Å². The van der Waals surface area contributed by atoms with Crippen molar-refractivity contribution >= 4 is 28.2 Å². The summed E-state index contributed by atoms with van der Waals surface area (Å²) < 4.78 is 5.20. The average molecular weight is 370 g/mol. The highest BCUT2D eigenvalue weighted by Gasteiger charge is 2.23. The van der Waals surface area contributed by atoms with Crippen LogP contribution in [0.5, 0.6) is 0 Å². The number of esters is 1. The first-order valence-electron chi connectivity index (χ1n) is 8.40. The molecule has 0 aliphatic heterocycles. The molecule has 6 heteroatoms. The zero-order valence-electron chi connectivity index (χ0n) is 15.5. The Morgan fingerprint density at radius 1 is 1.15 bits per heavy atom. The van der Waals surface area contributed by atoms with E-state index in [1.54, 1.807) is 32.9 Å². The SMILES string of the molecule is Cc1c(C(=O)OC(C)C)sc(NC(=O)c2ccc(C(C)C)cc2)c1C#N. The fraction of sp³-hybridized carbons (Fsp3) is 0.350. The van der Waals surface area contributed by atoms with Crippen LogP contribution < -0.4 is 5.32 Å². The summed E-state index contributed by atoms with van der Waals surface area (Å²) in [5, 5.41) is 12.5. The summed E-state index contributed by atoms with van der Waals surface area (Å²) in [5.41, 5.74) is 2.45. The Labute approximate surface area is 157 Å². The van der Waals surface area contributed by atoms with Gasteiger partial charge in [0.15, 0.2) is 0 Å². The van der Waals surface area contributed by atoms with Crippen LogP contribution >= 0.6 is 11.3 Å². The third kappa shape index (κ3) is 4.30. The van der Waals surface area contributed by atoms with E-state index in [1.807, 2.05) is 12.1 Å². The van der Waals surface area contributed by atoms with E-state index in [4.69, 9.17) is 4.74 Å². The lowest BCUT2D eigenvalue weighted by Gasteiger charge is -2.07.